The highest BCUT2D eigenvalue weighted by atomic mass is 32.1. The van der Waals surface area contributed by atoms with Crippen LogP contribution in [0.1, 0.15) is 17.3 Å². The topological polar surface area (TPSA) is 90.7 Å². The van der Waals surface area contributed by atoms with E-state index in [0.29, 0.717) is 34.2 Å². The summed E-state index contributed by atoms with van der Waals surface area (Å²) in [5, 5.41) is 3.68. The number of carbonyl (C=O) groups excluding carboxylic acids is 1. The molecular formula is C20H16N2O5S. The Balaban J connectivity index is 1.64. The second-order valence-electron chi connectivity index (χ2n) is 5.89. The molecule has 4 aromatic rings. The number of hydrogen-bond acceptors (Lipinski definition) is 7. The first-order valence-corrected chi connectivity index (χ1v) is 9.35. The smallest absolute Gasteiger partial charge is 0.349 e. The van der Waals surface area contributed by atoms with Gasteiger partial charge in [0.15, 0.2) is 5.13 Å². The number of nitrogens with zero attached hydrogens (tertiary/aromatic N) is 1. The molecule has 142 valence electrons. The van der Waals surface area contributed by atoms with Crippen molar-refractivity contribution in [2.45, 2.75) is 6.92 Å². The standard InChI is InChI=1S/C20H16N2O5S/c1-3-26-13-5-4-11-8-14(19(24)27-16(11)9-13)18(23)22-20-21-15-7-6-12(25-2)10-17(15)28-20/h4-10H,3H2,1-2H3,(H,21,22,23). The fourth-order valence-electron chi connectivity index (χ4n) is 2.76. The van der Waals surface area contributed by atoms with E-state index in [1.165, 1.54) is 17.4 Å². The summed E-state index contributed by atoms with van der Waals surface area (Å²) in [5.41, 5.74) is 0.282. The van der Waals surface area contributed by atoms with E-state index in [9.17, 15) is 9.59 Å². The fourth-order valence-corrected chi connectivity index (χ4v) is 3.65. The molecule has 0 saturated heterocycles. The maximum atomic E-state index is 12.6. The molecule has 0 radical (unpaired) electrons. The molecule has 2 aromatic heterocycles. The van der Waals surface area contributed by atoms with Crippen LogP contribution in [0.15, 0.2) is 51.7 Å². The Kier molecular flexibility index (Phi) is 4.70. The molecule has 0 aliphatic heterocycles. The summed E-state index contributed by atoms with van der Waals surface area (Å²) < 4.78 is 16.8. The second-order valence-corrected chi connectivity index (χ2v) is 6.92. The van der Waals surface area contributed by atoms with Gasteiger partial charge < -0.3 is 13.9 Å². The highest BCUT2D eigenvalue weighted by Gasteiger charge is 2.16. The van der Waals surface area contributed by atoms with E-state index in [4.69, 9.17) is 13.9 Å². The van der Waals surface area contributed by atoms with E-state index >= 15 is 0 Å². The van der Waals surface area contributed by atoms with Gasteiger partial charge in [-0.1, -0.05) is 11.3 Å². The molecule has 8 heteroatoms. The van der Waals surface area contributed by atoms with Crippen molar-refractivity contribution in [1.29, 1.82) is 0 Å². The molecule has 0 aliphatic rings. The fraction of sp³-hybridized carbons (Fsp3) is 0.150. The van der Waals surface area contributed by atoms with Crippen molar-refractivity contribution in [3.05, 3.63) is 58.4 Å². The summed E-state index contributed by atoms with van der Waals surface area (Å²) in [4.78, 5) is 29.2. The van der Waals surface area contributed by atoms with Crippen LogP contribution in [0, 0.1) is 0 Å². The maximum Gasteiger partial charge on any atom is 0.349 e. The van der Waals surface area contributed by atoms with Crippen molar-refractivity contribution < 1.29 is 18.7 Å². The Labute approximate surface area is 163 Å². The van der Waals surface area contributed by atoms with Crippen LogP contribution in [0.3, 0.4) is 0 Å². The van der Waals surface area contributed by atoms with Crippen LogP contribution in [-0.4, -0.2) is 24.6 Å². The quantitative estimate of drug-likeness (QED) is 0.512. The third kappa shape index (κ3) is 3.41. The average Bonchev–Trinajstić information content (AvgIpc) is 3.08. The molecular weight excluding hydrogens is 380 g/mol. The molecule has 0 saturated carbocycles. The summed E-state index contributed by atoms with van der Waals surface area (Å²) >= 11 is 1.29. The number of amides is 1. The summed E-state index contributed by atoms with van der Waals surface area (Å²) in [6.45, 7) is 2.37. The van der Waals surface area contributed by atoms with E-state index in [2.05, 4.69) is 10.3 Å². The number of methoxy groups -OCH3 is 1. The van der Waals surface area contributed by atoms with E-state index < -0.39 is 11.5 Å². The van der Waals surface area contributed by atoms with Gasteiger partial charge in [-0.05, 0) is 43.3 Å². The van der Waals surface area contributed by atoms with E-state index in [1.54, 1.807) is 37.4 Å². The molecule has 4 rings (SSSR count). The Morgan fingerprint density at radius 2 is 2.00 bits per heavy atom. The van der Waals surface area contributed by atoms with Crippen molar-refractivity contribution in [1.82, 2.24) is 4.98 Å². The zero-order chi connectivity index (χ0) is 19.7. The Hall–Kier alpha value is -3.39. The van der Waals surface area contributed by atoms with Gasteiger partial charge in [-0.3, -0.25) is 10.1 Å². The zero-order valence-electron chi connectivity index (χ0n) is 15.1. The summed E-state index contributed by atoms with van der Waals surface area (Å²) in [5.74, 6) is 0.728. The lowest BCUT2D eigenvalue weighted by molar-refractivity contribution is 0.102. The molecule has 0 bridgehead atoms. The Morgan fingerprint density at radius 3 is 2.79 bits per heavy atom. The number of benzene rings is 2. The van der Waals surface area contributed by atoms with Gasteiger partial charge in [0.05, 0.1) is 23.9 Å². The average molecular weight is 396 g/mol. The van der Waals surface area contributed by atoms with Gasteiger partial charge >= 0.3 is 5.63 Å². The zero-order valence-corrected chi connectivity index (χ0v) is 16.0. The van der Waals surface area contributed by atoms with Crippen LogP contribution in [0.5, 0.6) is 11.5 Å². The first kappa shape index (κ1) is 18.0. The van der Waals surface area contributed by atoms with Crippen molar-refractivity contribution in [2.24, 2.45) is 0 Å². The number of thiazole rings is 1. The predicted octanol–water partition coefficient (Wildman–Crippen LogP) is 4.06. The van der Waals surface area contributed by atoms with Crippen LogP contribution in [0.25, 0.3) is 21.2 Å². The SMILES string of the molecule is CCOc1ccc2cc(C(=O)Nc3nc4ccc(OC)cc4s3)c(=O)oc2c1. The molecule has 0 aliphatic carbocycles. The number of rotatable bonds is 5. The predicted molar refractivity (Wildman–Crippen MR) is 108 cm³/mol. The van der Waals surface area contributed by atoms with Gasteiger partial charge in [0.25, 0.3) is 5.91 Å². The minimum absolute atomic E-state index is 0.0894. The molecule has 2 aromatic carbocycles. The first-order valence-electron chi connectivity index (χ1n) is 8.54. The van der Waals surface area contributed by atoms with E-state index in [1.807, 2.05) is 13.0 Å². The molecule has 2 heterocycles. The molecule has 28 heavy (non-hydrogen) atoms. The lowest BCUT2D eigenvalue weighted by Crippen LogP contribution is -2.20. The number of fused-ring (bicyclic) bond motifs is 2. The molecule has 0 spiro atoms. The van der Waals surface area contributed by atoms with Crippen molar-refractivity contribution in [2.75, 3.05) is 19.0 Å². The third-order valence-electron chi connectivity index (χ3n) is 4.08. The number of aromatic nitrogens is 1. The number of nitrogens with one attached hydrogen (secondary N) is 1. The second kappa shape index (κ2) is 7.32. The summed E-state index contributed by atoms with van der Waals surface area (Å²) in [6.07, 6.45) is 0. The monoisotopic (exact) mass is 396 g/mol. The van der Waals surface area contributed by atoms with Gasteiger partial charge in [0.1, 0.15) is 22.6 Å². The van der Waals surface area contributed by atoms with Crippen LogP contribution in [0.4, 0.5) is 5.13 Å². The van der Waals surface area contributed by atoms with E-state index in [0.717, 1.165) is 10.2 Å². The van der Waals surface area contributed by atoms with Gasteiger partial charge in [0.2, 0.25) is 0 Å². The van der Waals surface area contributed by atoms with Crippen LogP contribution in [0.2, 0.25) is 0 Å². The summed E-state index contributed by atoms with van der Waals surface area (Å²) in [7, 11) is 1.58. The minimum Gasteiger partial charge on any atom is -0.497 e. The molecule has 1 N–H and O–H groups in total. The molecule has 7 nitrogen and oxygen atoms in total. The Bertz CT molecular complexity index is 1240. The van der Waals surface area contributed by atoms with Crippen LogP contribution >= 0.6 is 11.3 Å². The molecule has 1 amide bonds. The largest absolute Gasteiger partial charge is 0.497 e. The minimum atomic E-state index is -0.721. The van der Waals surface area contributed by atoms with Gasteiger partial charge in [0, 0.05) is 11.5 Å². The highest BCUT2D eigenvalue weighted by Crippen LogP contribution is 2.29. The lowest BCUT2D eigenvalue weighted by Gasteiger charge is -2.05. The molecule has 0 atom stereocenters. The summed E-state index contributed by atoms with van der Waals surface area (Å²) in [6, 6.07) is 12.1. The third-order valence-corrected chi connectivity index (χ3v) is 5.01. The van der Waals surface area contributed by atoms with Gasteiger partial charge in [-0.15, -0.1) is 0 Å². The van der Waals surface area contributed by atoms with Gasteiger partial charge in [-0.2, -0.15) is 0 Å². The molecule has 0 unspecified atom stereocenters. The van der Waals surface area contributed by atoms with Crippen molar-refractivity contribution in [3.63, 3.8) is 0 Å². The van der Waals surface area contributed by atoms with Crippen molar-refractivity contribution >= 4 is 43.6 Å². The number of anilines is 1. The van der Waals surface area contributed by atoms with Crippen LogP contribution < -0.4 is 20.4 Å². The first-order chi connectivity index (χ1) is 13.6. The Morgan fingerprint density at radius 1 is 1.18 bits per heavy atom. The number of hydrogen-bond donors (Lipinski definition) is 1. The van der Waals surface area contributed by atoms with Crippen molar-refractivity contribution in [3.8, 4) is 11.5 Å². The maximum absolute atomic E-state index is 12.6. The normalized spacial score (nSPS) is 10.9. The highest BCUT2D eigenvalue weighted by molar-refractivity contribution is 7.22. The molecule has 0 fully saturated rings. The lowest BCUT2D eigenvalue weighted by atomic mass is 10.1. The van der Waals surface area contributed by atoms with Gasteiger partial charge in [-0.25, -0.2) is 9.78 Å². The number of carbonyl (C=O) groups is 1. The van der Waals surface area contributed by atoms with E-state index in [-0.39, 0.29) is 5.56 Å². The van der Waals surface area contributed by atoms with Crippen LogP contribution in [-0.2, 0) is 0 Å². The number of ether oxygens (including phenoxy) is 2.